The minimum absolute atomic E-state index is 0.151. The van der Waals surface area contributed by atoms with Crippen molar-refractivity contribution in [3.63, 3.8) is 0 Å². The van der Waals surface area contributed by atoms with Crippen LogP contribution in [0, 0.1) is 35.5 Å². The fraction of sp³-hybridized carbons (Fsp3) is 0.762. The van der Waals surface area contributed by atoms with Crippen LogP contribution in [0.15, 0.2) is 24.3 Å². The summed E-state index contributed by atoms with van der Waals surface area (Å²) in [5, 5.41) is 0. The van der Waals surface area contributed by atoms with E-state index in [1.807, 2.05) is 0 Å². The number of hydrogen-bond acceptors (Lipinski definition) is 4. The number of esters is 1. The van der Waals surface area contributed by atoms with Gasteiger partial charge in [-0.05, 0) is 61.2 Å². The number of allylic oxidation sites excluding steroid dienone is 4. The average molecular weight is 346 g/mol. The first-order chi connectivity index (χ1) is 12.2. The number of hydrogen-bond donors (Lipinski definition) is 0. The molecule has 3 fully saturated rings. The molecule has 1 aliphatic heterocycles. The van der Waals surface area contributed by atoms with Crippen LogP contribution in [0.2, 0.25) is 0 Å². The first kappa shape index (κ1) is 17.3. The van der Waals surface area contributed by atoms with Gasteiger partial charge >= 0.3 is 5.97 Å². The van der Waals surface area contributed by atoms with Gasteiger partial charge in [-0.15, -0.1) is 0 Å². The number of epoxide rings is 1. The molecule has 0 N–H and O–H groups in total. The normalized spacial score (nSPS) is 41.7. The molecule has 0 spiro atoms. The van der Waals surface area contributed by atoms with E-state index in [-0.39, 0.29) is 5.97 Å². The molecule has 0 aromatic heterocycles. The van der Waals surface area contributed by atoms with Crippen LogP contribution in [-0.2, 0) is 19.0 Å². The molecule has 25 heavy (non-hydrogen) atoms. The molecule has 2 saturated carbocycles. The van der Waals surface area contributed by atoms with Crippen LogP contribution in [-0.4, -0.2) is 38.5 Å². The van der Waals surface area contributed by atoms with Crippen LogP contribution in [0.3, 0.4) is 0 Å². The van der Waals surface area contributed by atoms with Crippen LogP contribution < -0.4 is 0 Å². The maximum absolute atomic E-state index is 10.6. The van der Waals surface area contributed by atoms with Gasteiger partial charge in [0.25, 0.3) is 0 Å². The van der Waals surface area contributed by atoms with Crippen LogP contribution in [0.1, 0.15) is 32.6 Å². The van der Waals surface area contributed by atoms with Gasteiger partial charge in [0.15, 0.2) is 0 Å². The lowest BCUT2D eigenvalue weighted by Gasteiger charge is -2.17. The molecule has 7 unspecified atom stereocenters. The van der Waals surface area contributed by atoms with E-state index < -0.39 is 0 Å². The highest BCUT2D eigenvalue weighted by Crippen LogP contribution is 2.44. The third kappa shape index (κ3) is 4.53. The molecule has 4 aliphatic carbocycles. The Kier molecular flexibility index (Phi) is 5.28. The van der Waals surface area contributed by atoms with Gasteiger partial charge in [0, 0.05) is 6.92 Å². The second-order valence-corrected chi connectivity index (χ2v) is 8.38. The average Bonchev–Trinajstić information content (AvgIpc) is 3.02. The molecule has 1 heterocycles. The lowest BCUT2D eigenvalue weighted by molar-refractivity contribution is -0.142. The number of rotatable bonds is 6. The summed E-state index contributed by atoms with van der Waals surface area (Å²) in [6.07, 6.45) is 15.0. The van der Waals surface area contributed by atoms with Gasteiger partial charge in [-0.1, -0.05) is 24.3 Å². The zero-order chi connectivity index (χ0) is 17.2. The standard InChI is InChI=1S/C11H16O2.C10H14O2/c1-2-9-3-8(1)4-10(9)5-12-6-11-7-13-11;1-7(11)12-6-10-5-8-2-3-9(10)4-8/h1-2,8-11H,3-7H2;2-3,8-10H,4-6H2,1H3. The summed E-state index contributed by atoms with van der Waals surface area (Å²) >= 11 is 0. The van der Waals surface area contributed by atoms with Crippen LogP contribution in [0.25, 0.3) is 0 Å². The van der Waals surface area contributed by atoms with Gasteiger partial charge in [-0.2, -0.15) is 0 Å². The molecule has 0 aromatic rings. The predicted molar refractivity (Wildman–Crippen MR) is 94.9 cm³/mol. The molecule has 138 valence electrons. The molecule has 5 rings (SSSR count). The third-order valence-corrected chi connectivity index (χ3v) is 6.37. The molecular formula is C21H30O4. The maximum atomic E-state index is 10.6. The summed E-state index contributed by atoms with van der Waals surface area (Å²) in [6.45, 7) is 4.78. The lowest BCUT2D eigenvalue weighted by Crippen LogP contribution is -2.16. The summed E-state index contributed by atoms with van der Waals surface area (Å²) in [7, 11) is 0. The van der Waals surface area contributed by atoms with E-state index in [0.717, 1.165) is 43.5 Å². The quantitative estimate of drug-likeness (QED) is 0.420. The van der Waals surface area contributed by atoms with Crippen molar-refractivity contribution in [1.29, 1.82) is 0 Å². The summed E-state index contributed by atoms with van der Waals surface area (Å²) in [5.74, 6) is 4.41. The number of carbonyl (C=O) groups excluding carboxylic acids is 1. The Hall–Kier alpha value is -1.13. The van der Waals surface area contributed by atoms with Crippen LogP contribution in [0.4, 0.5) is 0 Å². The van der Waals surface area contributed by atoms with E-state index in [9.17, 15) is 4.79 Å². The fourth-order valence-electron chi connectivity index (χ4n) is 4.91. The van der Waals surface area contributed by atoms with Crippen LogP contribution >= 0.6 is 0 Å². The van der Waals surface area contributed by atoms with Crippen molar-refractivity contribution in [2.45, 2.75) is 38.7 Å². The molecule has 4 bridgehead atoms. The van der Waals surface area contributed by atoms with E-state index in [1.165, 1.54) is 32.6 Å². The summed E-state index contributed by atoms with van der Waals surface area (Å²) in [5.41, 5.74) is 0. The number of fused-ring (bicyclic) bond motifs is 4. The second kappa shape index (κ2) is 7.63. The van der Waals surface area contributed by atoms with Gasteiger partial charge in [0.2, 0.25) is 0 Å². The molecule has 5 aliphatic rings. The zero-order valence-corrected chi connectivity index (χ0v) is 15.1. The third-order valence-electron chi connectivity index (χ3n) is 6.37. The van der Waals surface area contributed by atoms with Crippen molar-refractivity contribution in [1.82, 2.24) is 0 Å². The molecular weight excluding hydrogens is 316 g/mol. The fourth-order valence-corrected chi connectivity index (χ4v) is 4.91. The largest absolute Gasteiger partial charge is 0.466 e. The van der Waals surface area contributed by atoms with Gasteiger partial charge in [0.1, 0.15) is 6.10 Å². The molecule has 0 aromatic carbocycles. The predicted octanol–water partition coefficient (Wildman–Crippen LogP) is 3.38. The SMILES string of the molecule is C1=CC2CC1CC2COCC1CO1.CC(=O)OCC1CC2C=CC1C2. The van der Waals surface area contributed by atoms with Crippen molar-refractivity contribution in [2.75, 3.05) is 26.4 Å². The minimum atomic E-state index is -0.151. The van der Waals surface area contributed by atoms with Crippen molar-refractivity contribution in [3.8, 4) is 0 Å². The van der Waals surface area contributed by atoms with Gasteiger partial charge in [0.05, 0.1) is 26.4 Å². The zero-order valence-electron chi connectivity index (χ0n) is 15.1. The lowest BCUT2D eigenvalue weighted by atomic mass is 9.95. The van der Waals surface area contributed by atoms with Gasteiger partial charge in [-0.25, -0.2) is 0 Å². The van der Waals surface area contributed by atoms with E-state index in [2.05, 4.69) is 24.3 Å². The van der Waals surface area contributed by atoms with Crippen molar-refractivity contribution in [2.24, 2.45) is 35.5 Å². The smallest absolute Gasteiger partial charge is 0.302 e. The van der Waals surface area contributed by atoms with Gasteiger partial charge < -0.3 is 14.2 Å². The highest BCUT2D eigenvalue weighted by atomic mass is 16.6. The monoisotopic (exact) mass is 346 g/mol. The minimum Gasteiger partial charge on any atom is -0.466 e. The highest BCUT2D eigenvalue weighted by Gasteiger charge is 2.36. The molecule has 0 amide bonds. The molecule has 7 atom stereocenters. The van der Waals surface area contributed by atoms with E-state index >= 15 is 0 Å². The first-order valence-electron chi connectivity index (χ1n) is 9.86. The van der Waals surface area contributed by atoms with E-state index in [1.54, 1.807) is 0 Å². The summed E-state index contributed by atoms with van der Waals surface area (Å²) in [4.78, 5) is 10.6. The Balaban J connectivity index is 0.000000126. The van der Waals surface area contributed by atoms with Crippen molar-refractivity contribution >= 4 is 5.97 Å². The molecule has 4 heteroatoms. The Labute approximate surface area is 150 Å². The Bertz CT molecular complexity index is 536. The second-order valence-electron chi connectivity index (χ2n) is 8.38. The molecule has 1 saturated heterocycles. The Morgan fingerprint density at radius 3 is 1.96 bits per heavy atom. The van der Waals surface area contributed by atoms with E-state index in [4.69, 9.17) is 14.2 Å². The maximum Gasteiger partial charge on any atom is 0.302 e. The topological polar surface area (TPSA) is 48.1 Å². The van der Waals surface area contributed by atoms with Crippen LogP contribution in [0.5, 0.6) is 0 Å². The van der Waals surface area contributed by atoms with Gasteiger partial charge in [-0.3, -0.25) is 4.79 Å². The summed E-state index contributed by atoms with van der Waals surface area (Å²) < 4.78 is 15.7. The van der Waals surface area contributed by atoms with Crippen molar-refractivity contribution < 1.29 is 19.0 Å². The molecule has 0 radical (unpaired) electrons. The highest BCUT2D eigenvalue weighted by molar-refractivity contribution is 5.65. The van der Waals surface area contributed by atoms with Crippen molar-refractivity contribution in [3.05, 3.63) is 24.3 Å². The summed E-state index contributed by atoms with van der Waals surface area (Å²) in [6, 6.07) is 0. The Morgan fingerprint density at radius 2 is 1.52 bits per heavy atom. The number of ether oxygens (including phenoxy) is 3. The first-order valence-corrected chi connectivity index (χ1v) is 9.86. The number of carbonyl (C=O) groups is 1. The Morgan fingerprint density at radius 1 is 0.920 bits per heavy atom. The molecule has 4 nitrogen and oxygen atoms in total. The van der Waals surface area contributed by atoms with E-state index in [0.29, 0.717) is 24.5 Å².